The molecular weight excluding hydrogens is 184 g/mol. The summed E-state index contributed by atoms with van der Waals surface area (Å²) in [5.41, 5.74) is 0.693. The normalized spacial score (nSPS) is 36.2. The van der Waals surface area contributed by atoms with Crippen LogP contribution in [0.25, 0.3) is 0 Å². The lowest BCUT2D eigenvalue weighted by molar-refractivity contribution is 0.218. The molecule has 2 saturated carbocycles. The molecule has 0 aromatic carbocycles. The Kier molecular flexibility index (Phi) is 2.52. The highest BCUT2D eigenvalue weighted by molar-refractivity contribution is 4.95. The summed E-state index contributed by atoms with van der Waals surface area (Å²) in [6.07, 6.45) is 7.22. The van der Waals surface area contributed by atoms with Crippen molar-refractivity contribution >= 4 is 0 Å². The van der Waals surface area contributed by atoms with E-state index in [2.05, 4.69) is 17.1 Å². The molecule has 3 fully saturated rings. The Morgan fingerprint density at radius 1 is 1.33 bits per heavy atom. The van der Waals surface area contributed by atoms with Gasteiger partial charge in [-0.05, 0) is 56.5 Å². The Morgan fingerprint density at radius 2 is 2.13 bits per heavy atom. The number of nitrogens with one attached hydrogen (secondary N) is 1. The fraction of sp³-hybridized carbons (Fsp3) is 1.00. The number of nitrogens with zero attached hydrogens (tertiary/aromatic N) is 1. The van der Waals surface area contributed by atoms with Crippen LogP contribution >= 0.6 is 0 Å². The van der Waals surface area contributed by atoms with E-state index in [0.717, 1.165) is 12.0 Å². The smallest absolute Gasteiger partial charge is 0.0223 e. The molecule has 1 heterocycles. The van der Waals surface area contributed by atoms with Crippen molar-refractivity contribution in [2.45, 2.75) is 45.1 Å². The lowest BCUT2D eigenvalue weighted by Gasteiger charge is -2.27. The molecule has 0 spiro atoms. The molecule has 0 aromatic rings. The zero-order valence-corrected chi connectivity index (χ0v) is 9.97. The second-order valence-corrected chi connectivity index (χ2v) is 6.30. The van der Waals surface area contributed by atoms with Crippen LogP contribution < -0.4 is 5.32 Å². The molecule has 2 nitrogen and oxygen atoms in total. The Balaban J connectivity index is 1.56. The van der Waals surface area contributed by atoms with Gasteiger partial charge in [0.1, 0.15) is 0 Å². The van der Waals surface area contributed by atoms with Crippen LogP contribution in [0.3, 0.4) is 0 Å². The predicted octanol–water partition coefficient (Wildman–Crippen LogP) is 1.86. The summed E-state index contributed by atoms with van der Waals surface area (Å²) in [5.74, 6) is 1.01. The molecule has 1 unspecified atom stereocenters. The van der Waals surface area contributed by atoms with E-state index >= 15 is 0 Å². The van der Waals surface area contributed by atoms with Crippen LogP contribution in [0.4, 0.5) is 0 Å². The summed E-state index contributed by atoms with van der Waals surface area (Å²) in [4.78, 5) is 2.73. The van der Waals surface area contributed by atoms with E-state index in [1.165, 1.54) is 58.3 Å². The quantitative estimate of drug-likeness (QED) is 0.761. The highest BCUT2D eigenvalue weighted by atomic mass is 15.2. The van der Waals surface area contributed by atoms with E-state index in [9.17, 15) is 0 Å². The zero-order chi connectivity index (χ0) is 10.3. The minimum Gasteiger partial charge on any atom is -0.312 e. The fourth-order valence-corrected chi connectivity index (χ4v) is 2.89. The fourth-order valence-electron chi connectivity index (χ4n) is 2.89. The molecule has 0 radical (unpaired) electrons. The Labute approximate surface area is 93.4 Å². The SMILES string of the molecule is CC1(CN2CCCNC(C3CC3)C2)CC1. The van der Waals surface area contributed by atoms with E-state index in [1.54, 1.807) is 0 Å². The van der Waals surface area contributed by atoms with E-state index in [4.69, 9.17) is 0 Å². The van der Waals surface area contributed by atoms with Crippen LogP contribution in [0.15, 0.2) is 0 Å². The van der Waals surface area contributed by atoms with Gasteiger partial charge in [-0.3, -0.25) is 0 Å². The van der Waals surface area contributed by atoms with Gasteiger partial charge in [0.05, 0.1) is 0 Å². The first-order valence-corrected chi connectivity index (χ1v) is 6.71. The molecular formula is C13H24N2. The number of rotatable bonds is 3. The maximum Gasteiger partial charge on any atom is 0.0223 e. The first-order valence-electron chi connectivity index (χ1n) is 6.71. The van der Waals surface area contributed by atoms with E-state index in [-0.39, 0.29) is 0 Å². The van der Waals surface area contributed by atoms with Gasteiger partial charge in [0.2, 0.25) is 0 Å². The Bertz CT molecular complexity index is 231. The minimum absolute atomic E-state index is 0.693. The molecule has 1 saturated heterocycles. The highest BCUT2D eigenvalue weighted by Crippen LogP contribution is 2.45. The van der Waals surface area contributed by atoms with Gasteiger partial charge in [0, 0.05) is 19.1 Å². The van der Waals surface area contributed by atoms with Crippen LogP contribution in [-0.4, -0.2) is 37.1 Å². The van der Waals surface area contributed by atoms with Crippen molar-refractivity contribution in [3.63, 3.8) is 0 Å². The monoisotopic (exact) mass is 208 g/mol. The summed E-state index contributed by atoms with van der Waals surface area (Å²) >= 11 is 0. The minimum atomic E-state index is 0.693. The maximum absolute atomic E-state index is 3.74. The maximum atomic E-state index is 3.74. The van der Waals surface area contributed by atoms with Gasteiger partial charge in [0.15, 0.2) is 0 Å². The van der Waals surface area contributed by atoms with Gasteiger partial charge < -0.3 is 10.2 Å². The third-order valence-corrected chi connectivity index (χ3v) is 4.41. The molecule has 1 aliphatic heterocycles. The highest BCUT2D eigenvalue weighted by Gasteiger charge is 2.40. The van der Waals surface area contributed by atoms with Crippen molar-refractivity contribution in [3.8, 4) is 0 Å². The Hall–Kier alpha value is -0.0800. The van der Waals surface area contributed by atoms with Crippen LogP contribution in [0, 0.1) is 11.3 Å². The predicted molar refractivity (Wildman–Crippen MR) is 62.9 cm³/mol. The Morgan fingerprint density at radius 3 is 2.80 bits per heavy atom. The standard InChI is InChI=1S/C13H24N2/c1-13(5-6-13)10-15-8-2-7-14-12(9-15)11-3-4-11/h11-12,14H,2-10H2,1H3. The molecule has 2 heteroatoms. The summed E-state index contributed by atoms with van der Waals surface area (Å²) in [5, 5.41) is 3.74. The molecule has 3 rings (SSSR count). The van der Waals surface area contributed by atoms with Crippen molar-refractivity contribution in [2.24, 2.45) is 11.3 Å². The first kappa shape index (κ1) is 10.1. The molecule has 0 aromatic heterocycles. The van der Waals surface area contributed by atoms with E-state index < -0.39 is 0 Å². The molecule has 1 atom stereocenters. The van der Waals surface area contributed by atoms with Crippen LogP contribution in [0.1, 0.15) is 39.0 Å². The second-order valence-electron chi connectivity index (χ2n) is 6.30. The van der Waals surface area contributed by atoms with Gasteiger partial charge in [-0.15, -0.1) is 0 Å². The summed E-state index contributed by atoms with van der Waals surface area (Å²) in [6.45, 7) is 7.70. The van der Waals surface area contributed by atoms with Crippen LogP contribution in [-0.2, 0) is 0 Å². The molecule has 86 valence electrons. The lowest BCUT2D eigenvalue weighted by atomic mass is 10.1. The van der Waals surface area contributed by atoms with E-state index in [1.807, 2.05) is 0 Å². The molecule has 0 bridgehead atoms. The zero-order valence-electron chi connectivity index (χ0n) is 9.97. The molecule has 0 amide bonds. The van der Waals surface area contributed by atoms with Gasteiger partial charge in [-0.25, -0.2) is 0 Å². The van der Waals surface area contributed by atoms with Crippen molar-refractivity contribution in [2.75, 3.05) is 26.2 Å². The second kappa shape index (κ2) is 3.74. The largest absolute Gasteiger partial charge is 0.312 e. The van der Waals surface area contributed by atoms with Crippen LogP contribution in [0.5, 0.6) is 0 Å². The average molecular weight is 208 g/mol. The average Bonchev–Trinajstić information content (AvgIpc) is 3.01. The van der Waals surface area contributed by atoms with Crippen molar-refractivity contribution in [1.82, 2.24) is 10.2 Å². The third kappa shape index (κ3) is 2.54. The summed E-state index contributed by atoms with van der Waals surface area (Å²) in [7, 11) is 0. The number of hydrogen-bond donors (Lipinski definition) is 1. The van der Waals surface area contributed by atoms with Gasteiger partial charge in [0.25, 0.3) is 0 Å². The van der Waals surface area contributed by atoms with Crippen molar-refractivity contribution in [3.05, 3.63) is 0 Å². The molecule has 2 aliphatic carbocycles. The van der Waals surface area contributed by atoms with Gasteiger partial charge in [-0.2, -0.15) is 0 Å². The van der Waals surface area contributed by atoms with Crippen LogP contribution in [0.2, 0.25) is 0 Å². The molecule has 15 heavy (non-hydrogen) atoms. The summed E-state index contributed by atoms with van der Waals surface area (Å²) < 4.78 is 0. The number of hydrogen-bond acceptors (Lipinski definition) is 2. The van der Waals surface area contributed by atoms with E-state index in [0.29, 0.717) is 5.41 Å². The molecule has 3 aliphatic rings. The van der Waals surface area contributed by atoms with Gasteiger partial charge >= 0.3 is 0 Å². The van der Waals surface area contributed by atoms with Gasteiger partial charge in [-0.1, -0.05) is 6.92 Å². The third-order valence-electron chi connectivity index (χ3n) is 4.41. The lowest BCUT2D eigenvalue weighted by Crippen LogP contribution is -2.40. The molecule has 1 N–H and O–H groups in total. The van der Waals surface area contributed by atoms with Crippen molar-refractivity contribution in [1.29, 1.82) is 0 Å². The summed E-state index contributed by atoms with van der Waals surface area (Å²) in [6, 6.07) is 0.815. The van der Waals surface area contributed by atoms with Crippen molar-refractivity contribution < 1.29 is 0 Å². The topological polar surface area (TPSA) is 15.3 Å². The first-order chi connectivity index (χ1) is 7.25.